The molecule has 0 radical (unpaired) electrons. The lowest BCUT2D eigenvalue weighted by molar-refractivity contribution is -0.132. The van der Waals surface area contributed by atoms with Crippen molar-refractivity contribution in [2.45, 2.75) is 13.0 Å². The Bertz CT molecular complexity index is 625. The number of hydrogen-bond donors (Lipinski definition) is 2. The zero-order valence-electron chi connectivity index (χ0n) is 11.8. The van der Waals surface area contributed by atoms with E-state index in [4.69, 9.17) is 4.74 Å². The van der Waals surface area contributed by atoms with Crippen molar-refractivity contribution in [1.82, 2.24) is 10.9 Å². The number of hydrogen-bond acceptors (Lipinski definition) is 4. The quantitative estimate of drug-likeness (QED) is 0.851. The van der Waals surface area contributed by atoms with E-state index in [1.54, 1.807) is 18.2 Å². The lowest BCUT2D eigenvalue weighted by atomic mass is 10.1. The molecule has 1 heterocycles. The molecule has 1 aromatic heterocycles. The number of hydrazine groups is 1. The highest BCUT2D eigenvalue weighted by Gasteiger charge is 2.20. The highest BCUT2D eigenvalue weighted by atomic mass is 32.1. The molecule has 0 bridgehead atoms. The lowest BCUT2D eigenvalue weighted by Gasteiger charge is -2.15. The molecule has 0 aliphatic heterocycles. The Hall–Kier alpha value is -2.18. The van der Waals surface area contributed by atoms with Gasteiger partial charge in [-0.2, -0.15) is 0 Å². The van der Waals surface area contributed by atoms with Gasteiger partial charge in [0.15, 0.2) is 6.10 Å². The number of nitrogens with one attached hydrogen (secondary N) is 2. The molecule has 21 heavy (non-hydrogen) atoms. The van der Waals surface area contributed by atoms with Gasteiger partial charge in [0.25, 0.3) is 11.8 Å². The predicted octanol–water partition coefficient (Wildman–Crippen LogP) is 2.21. The molecule has 1 aromatic carbocycles. The summed E-state index contributed by atoms with van der Waals surface area (Å²) in [5, 5.41) is 0. The molecule has 0 aliphatic carbocycles. The molecule has 1 unspecified atom stereocenters. The van der Waals surface area contributed by atoms with E-state index in [0.717, 1.165) is 10.4 Å². The molecule has 110 valence electrons. The number of thiophene rings is 1. The normalized spacial score (nSPS) is 11.7. The first-order chi connectivity index (χ1) is 10.1. The van der Waals surface area contributed by atoms with Crippen molar-refractivity contribution in [1.29, 1.82) is 0 Å². The Labute approximate surface area is 126 Å². The molecular weight excluding hydrogens is 288 g/mol. The molecule has 6 heteroatoms. The van der Waals surface area contributed by atoms with Crippen molar-refractivity contribution in [2.24, 2.45) is 0 Å². The van der Waals surface area contributed by atoms with Crippen LogP contribution in [0.25, 0.3) is 0 Å². The van der Waals surface area contributed by atoms with E-state index < -0.39 is 12.0 Å². The van der Waals surface area contributed by atoms with Crippen molar-refractivity contribution in [3.05, 3.63) is 57.8 Å². The topological polar surface area (TPSA) is 67.4 Å². The molecule has 0 saturated carbocycles. The predicted molar refractivity (Wildman–Crippen MR) is 80.9 cm³/mol. The van der Waals surface area contributed by atoms with E-state index >= 15 is 0 Å². The average Bonchev–Trinajstić information content (AvgIpc) is 2.93. The van der Waals surface area contributed by atoms with Gasteiger partial charge in [0, 0.05) is 12.0 Å². The first-order valence-corrected chi connectivity index (χ1v) is 7.18. The Kier molecular flexibility index (Phi) is 5.08. The molecule has 0 saturated heterocycles. The second kappa shape index (κ2) is 7.01. The average molecular weight is 304 g/mol. The second-order valence-electron chi connectivity index (χ2n) is 4.38. The number of amides is 2. The Morgan fingerprint density at radius 1 is 1.10 bits per heavy atom. The number of benzene rings is 1. The molecule has 0 fully saturated rings. The van der Waals surface area contributed by atoms with Gasteiger partial charge in [-0.05, 0) is 24.6 Å². The molecule has 2 N–H and O–H groups in total. The summed E-state index contributed by atoms with van der Waals surface area (Å²) in [4.78, 5) is 25.5. The standard InChI is InChI=1S/C15H16N2O3S/c1-10-8-9-12(21-10)14(18)16-17-15(19)13(20-2)11-6-4-3-5-7-11/h3-9,13H,1-2H3,(H,16,18)(H,17,19). The number of ether oxygens (including phenoxy) is 1. The maximum Gasteiger partial charge on any atom is 0.279 e. The second-order valence-corrected chi connectivity index (χ2v) is 5.67. The number of carbonyl (C=O) groups is 2. The zero-order chi connectivity index (χ0) is 15.2. The van der Waals surface area contributed by atoms with Crippen LogP contribution in [0.4, 0.5) is 0 Å². The number of rotatable bonds is 4. The molecule has 2 aromatic rings. The maximum atomic E-state index is 12.1. The fourth-order valence-corrected chi connectivity index (χ4v) is 2.59. The van der Waals surface area contributed by atoms with E-state index in [1.165, 1.54) is 18.4 Å². The van der Waals surface area contributed by atoms with Crippen LogP contribution < -0.4 is 10.9 Å². The number of aryl methyl sites for hydroxylation is 1. The van der Waals surface area contributed by atoms with Gasteiger partial charge in [0.1, 0.15) is 0 Å². The Morgan fingerprint density at radius 2 is 1.81 bits per heavy atom. The van der Waals surface area contributed by atoms with Crippen molar-refractivity contribution in [3.63, 3.8) is 0 Å². The monoisotopic (exact) mass is 304 g/mol. The Balaban J connectivity index is 1.96. The van der Waals surface area contributed by atoms with Crippen LogP contribution in [-0.4, -0.2) is 18.9 Å². The van der Waals surface area contributed by atoms with Crippen LogP contribution in [0.3, 0.4) is 0 Å². The minimum Gasteiger partial charge on any atom is -0.367 e. The molecule has 5 nitrogen and oxygen atoms in total. The van der Waals surface area contributed by atoms with Crippen LogP contribution in [0.2, 0.25) is 0 Å². The van der Waals surface area contributed by atoms with Crippen molar-refractivity contribution < 1.29 is 14.3 Å². The highest BCUT2D eigenvalue weighted by Crippen LogP contribution is 2.16. The van der Waals surface area contributed by atoms with Crippen molar-refractivity contribution in [3.8, 4) is 0 Å². The SMILES string of the molecule is COC(C(=O)NNC(=O)c1ccc(C)s1)c1ccccc1. The highest BCUT2D eigenvalue weighted by molar-refractivity contribution is 7.13. The van der Waals surface area contributed by atoms with Gasteiger partial charge in [-0.15, -0.1) is 11.3 Å². The third-order valence-electron chi connectivity index (χ3n) is 2.84. The summed E-state index contributed by atoms with van der Waals surface area (Å²) in [6.45, 7) is 1.91. The molecule has 2 amide bonds. The molecule has 0 aliphatic rings. The smallest absolute Gasteiger partial charge is 0.279 e. The first kappa shape index (κ1) is 15.2. The van der Waals surface area contributed by atoms with E-state index in [1.807, 2.05) is 31.2 Å². The molecular formula is C15H16N2O3S. The number of methoxy groups -OCH3 is 1. The van der Waals surface area contributed by atoms with Crippen LogP contribution in [-0.2, 0) is 9.53 Å². The van der Waals surface area contributed by atoms with Gasteiger partial charge in [-0.1, -0.05) is 30.3 Å². The fourth-order valence-electron chi connectivity index (χ4n) is 1.82. The number of carbonyl (C=O) groups excluding carboxylic acids is 2. The maximum absolute atomic E-state index is 12.1. The lowest BCUT2D eigenvalue weighted by Crippen LogP contribution is -2.44. The third kappa shape index (κ3) is 3.90. The van der Waals surface area contributed by atoms with Gasteiger partial charge in [-0.25, -0.2) is 0 Å². The summed E-state index contributed by atoms with van der Waals surface area (Å²) in [7, 11) is 1.45. The summed E-state index contributed by atoms with van der Waals surface area (Å²) < 4.78 is 5.18. The van der Waals surface area contributed by atoms with Gasteiger partial charge >= 0.3 is 0 Å². The summed E-state index contributed by atoms with van der Waals surface area (Å²) in [5.41, 5.74) is 5.49. The van der Waals surface area contributed by atoms with Crippen molar-refractivity contribution >= 4 is 23.2 Å². The van der Waals surface area contributed by atoms with Crippen LogP contribution in [0, 0.1) is 6.92 Å². The molecule has 1 atom stereocenters. The summed E-state index contributed by atoms with van der Waals surface area (Å²) in [5.74, 6) is -0.769. The minimum absolute atomic E-state index is 0.343. The summed E-state index contributed by atoms with van der Waals surface area (Å²) in [6, 6.07) is 12.6. The zero-order valence-corrected chi connectivity index (χ0v) is 12.6. The van der Waals surface area contributed by atoms with E-state index in [-0.39, 0.29) is 5.91 Å². The fraction of sp³-hybridized carbons (Fsp3) is 0.200. The van der Waals surface area contributed by atoms with Crippen LogP contribution in [0.15, 0.2) is 42.5 Å². The summed E-state index contributed by atoms with van der Waals surface area (Å²) in [6.07, 6.45) is -0.767. The Morgan fingerprint density at radius 3 is 2.38 bits per heavy atom. The van der Waals surface area contributed by atoms with Crippen LogP contribution in [0.5, 0.6) is 0 Å². The van der Waals surface area contributed by atoms with Gasteiger partial charge in [0.05, 0.1) is 4.88 Å². The van der Waals surface area contributed by atoms with E-state index in [0.29, 0.717) is 4.88 Å². The van der Waals surface area contributed by atoms with Crippen molar-refractivity contribution in [2.75, 3.05) is 7.11 Å². The largest absolute Gasteiger partial charge is 0.367 e. The summed E-state index contributed by atoms with van der Waals surface area (Å²) >= 11 is 1.36. The van der Waals surface area contributed by atoms with E-state index in [2.05, 4.69) is 10.9 Å². The molecule has 0 spiro atoms. The minimum atomic E-state index is -0.767. The van der Waals surface area contributed by atoms with Gasteiger partial charge < -0.3 is 4.74 Å². The van der Waals surface area contributed by atoms with E-state index in [9.17, 15) is 9.59 Å². The van der Waals surface area contributed by atoms with Gasteiger partial charge in [-0.3, -0.25) is 20.4 Å². The van der Waals surface area contributed by atoms with Gasteiger partial charge in [0.2, 0.25) is 0 Å². The van der Waals surface area contributed by atoms with Crippen LogP contribution >= 0.6 is 11.3 Å². The van der Waals surface area contributed by atoms with Crippen LogP contribution in [0.1, 0.15) is 26.2 Å². The molecule has 2 rings (SSSR count). The first-order valence-electron chi connectivity index (χ1n) is 6.36. The third-order valence-corrected chi connectivity index (χ3v) is 3.84.